The van der Waals surface area contributed by atoms with Gasteiger partial charge in [-0.05, 0) is 23.6 Å². The quantitative estimate of drug-likeness (QED) is 0.742. The van der Waals surface area contributed by atoms with E-state index >= 15 is 0 Å². The Morgan fingerprint density at radius 2 is 2.18 bits per heavy atom. The average Bonchev–Trinajstić information content (AvgIpc) is 3.07. The minimum absolute atomic E-state index is 0.122. The van der Waals surface area contributed by atoms with Gasteiger partial charge in [-0.2, -0.15) is 0 Å². The first-order valence-corrected chi connectivity index (χ1v) is 7.79. The van der Waals surface area contributed by atoms with Crippen molar-refractivity contribution in [1.82, 2.24) is 9.55 Å². The van der Waals surface area contributed by atoms with E-state index in [0.717, 1.165) is 10.9 Å². The zero-order chi connectivity index (χ0) is 15.7. The van der Waals surface area contributed by atoms with Crippen molar-refractivity contribution in [3.8, 4) is 0 Å². The van der Waals surface area contributed by atoms with Crippen molar-refractivity contribution in [2.24, 2.45) is 0 Å². The normalized spacial score (nSPS) is 10.8. The number of ketones is 1. The molecule has 0 bridgehead atoms. The molecule has 1 aromatic carbocycles. The van der Waals surface area contributed by atoms with E-state index in [-0.39, 0.29) is 18.2 Å². The molecule has 3 aromatic rings. The van der Waals surface area contributed by atoms with Crippen molar-refractivity contribution in [2.45, 2.75) is 13.5 Å². The van der Waals surface area contributed by atoms with Crippen LogP contribution in [0.1, 0.15) is 17.4 Å². The van der Waals surface area contributed by atoms with Crippen molar-refractivity contribution in [2.75, 3.05) is 5.32 Å². The molecule has 0 aliphatic carbocycles. The van der Waals surface area contributed by atoms with Crippen LogP contribution in [0.5, 0.6) is 0 Å². The number of halogens is 1. The van der Waals surface area contributed by atoms with Crippen LogP contribution in [-0.4, -0.2) is 21.2 Å². The van der Waals surface area contributed by atoms with E-state index in [1.54, 1.807) is 5.38 Å². The Morgan fingerprint density at radius 1 is 1.36 bits per heavy atom. The maximum Gasteiger partial charge on any atom is 0.246 e. The molecular weight excluding hydrogens is 322 g/mol. The molecule has 0 saturated carbocycles. The van der Waals surface area contributed by atoms with Crippen LogP contribution in [0.2, 0.25) is 5.02 Å². The average molecular weight is 334 g/mol. The van der Waals surface area contributed by atoms with E-state index in [9.17, 15) is 9.59 Å². The summed E-state index contributed by atoms with van der Waals surface area (Å²) in [5.74, 6) is -0.329. The lowest BCUT2D eigenvalue weighted by Gasteiger charge is -2.05. The number of thiazole rings is 1. The molecule has 7 heteroatoms. The predicted molar refractivity (Wildman–Crippen MR) is 87.7 cm³/mol. The lowest BCUT2D eigenvalue weighted by molar-refractivity contribution is -0.116. The lowest BCUT2D eigenvalue weighted by Crippen LogP contribution is -2.18. The van der Waals surface area contributed by atoms with Crippen LogP contribution in [-0.2, 0) is 11.3 Å². The van der Waals surface area contributed by atoms with Crippen LogP contribution in [0.3, 0.4) is 0 Å². The summed E-state index contributed by atoms with van der Waals surface area (Å²) in [6, 6.07) is 7.47. The molecule has 112 valence electrons. The van der Waals surface area contributed by atoms with Gasteiger partial charge in [-0.25, -0.2) is 4.98 Å². The van der Waals surface area contributed by atoms with Crippen LogP contribution in [0.25, 0.3) is 10.9 Å². The monoisotopic (exact) mass is 333 g/mol. The zero-order valence-electron chi connectivity index (χ0n) is 11.7. The minimum Gasteiger partial charge on any atom is -0.338 e. The van der Waals surface area contributed by atoms with Gasteiger partial charge in [0.2, 0.25) is 5.91 Å². The fourth-order valence-corrected chi connectivity index (χ4v) is 3.03. The number of benzene rings is 1. The molecule has 1 amide bonds. The predicted octanol–water partition coefficient (Wildman–Crippen LogP) is 3.59. The van der Waals surface area contributed by atoms with E-state index in [2.05, 4.69) is 10.3 Å². The van der Waals surface area contributed by atoms with Gasteiger partial charge in [0.15, 0.2) is 10.9 Å². The molecule has 1 N–H and O–H groups in total. The van der Waals surface area contributed by atoms with E-state index in [1.165, 1.54) is 18.3 Å². The summed E-state index contributed by atoms with van der Waals surface area (Å²) in [7, 11) is 0. The number of nitrogens with zero attached hydrogens (tertiary/aromatic N) is 2. The second kappa shape index (κ2) is 5.90. The molecule has 22 heavy (non-hydrogen) atoms. The van der Waals surface area contributed by atoms with E-state index in [0.29, 0.717) is 15.8 Å². The summed E-state index contributed by atoms with van der Waals surface area (Å²) in [6.07, 6.45) is 1.84. The highest BCUT2D eigenvalue weighted by atomic mass is 35.5. The molecule has 0 spiro atoms. The van der Waals surface area contributed by atoms with Crippen LogP contribution in [0, 0.1) is 0 Å². The number of anilines is 1. The van der Waals surface area contributed by atoms with Crippen LogP contribution in [0.15, 0.2) is 35.8 Å². The minimum atomic E-state index is -0.207. The number of aromatic nitrogens is 2. The van der Waals surface area contributed by atoms with Gasteiger partial charge >= 0.3 is 0 Å². The van der Waals surface area contributed by atoms with Gasteiger partial charge in [-0.1, -0.05) is 17.7 Å². The second-order valence-corrected chi connectivity index (χ2v) is 6.08. The van der Waals surface area contributed by atoms with Gasteiger partial charge < -0.3 is 9.88 Å². The number of rotatable bonds is 4. The highest BCUT2D eigenvalue weighted by Gasteiger charge is 2.11. The van der Waals surface area contributed by atoms with Crippen LogP contribution in [0.4, 0.5) is 5.13 Å². The molecule has 0 aliphatic heterocycles. The Kier molecular flexibility index (Phi) is 3.96. The number of carbonyl (C=O) groups is 2. The topological polar surface area (TPSA) is 64.0 Å². The van der Waals surface area contributed by atoms with Crippen molar-refractivity contribution in [3.63, 3.8) is 0 Å². The molecule has 0 unspecified atom stereocenters. The molecule has 3 rings (SSSR count). The van der Waals surface area contributed by atoms with Gasteiger partial charge in [-0.3, -0.25) is 9.59 Å². The number of carbonyl (C=O) groups excluding carboxylic acids is 2. The van der Waals surface area contributed by atoms with Gasteiger partial charge in [0.1, 0.15) is 12.2 Å². The Labute approximate surface area is 135 Å². The first-order valence-electron chi connectivity index (χ1n) is 6.53. The first-order chi connectivity index (χ1) is 10.5. The zero-order valence-corrected chi connectivity index (χ0v) is 13.2. The van der Waals surface area contributed by atoms with Gasteiger partial charge in [0.25, 0.3) is 0 Å². The highest BCUT2D eigenvalue weighted by Crippen LogP contribution is 2.21. The van der Waals surface area contributed by atoms with Gasteiger partial charge in [0, 0.05) is 29.0 Å². The summed E-state index contributed by atoms with van der Waals surface area (Å²) < 4.78 is 1.82. The number of amides is 1. The third-order valence-corrected chi connectivity index (χ3v) is 4.15. The fourth-order valence-electron chi connectivity index (χ4n) is 2.10. The van der Waals surface area contributed by atoms with Crippen molar-refractivity contribution < 1.29 is 9.59 Å². The summed E-state index contributed by atoms with van der Waals surface area (Å²) in [5.41, 5.74) is 1.25. The molecule has 0 fully saturated rings. The standard InChI is InChI=1S/C15H12ClN3O2S/c1-9(20)12-8-22-15(17-12)18-14(21)7-19-5-4-10-2-3-11(16)6-13(10)19/h2-6,8H,7H2,1H3,(H,17,18,21). The Hall–Kier alpha value is -2.18. The third kappa shape index (κ3) is 3.03. The molecule has 0 aliphatic rings. The molecule has 5 nitrogen and oxygen atoms in total. The summed E-state index contributed by atoms with van der Waals surface area (Å²) in [5, 5.41) is 6.39. The summed E-state index contributed by atoms with van der Waals surface area (Å²) >= 11 is 7.22. The third-order valence-electron chi connectivity index (χ3n) is 3.16. The largest absolute Gasteiger partial charge is 0.338 e. The van der Waals surface area contributed by atoms with E-state index in [1.807, 2.05) is 35.0 Å². The number of nitrogens with one attached hydrogen (secondary N) is 1. The maximum atomic E-state index is 12.1. The number of hydrogen-bond acceptors (Lipinski definition) is 4. The summed E-state index contributed by atoms with van der Waals surface area (Å²) in [4.78, 5) is 27.4. The number of fused-ring (bicyclic) bond motifs is 1. The summed E-state index contributed by atoms with van der Waals surface area (Å²) in [6.45, 7) is 1.59. The van der Waals surface area contributed by atoms with E-state index in [4.69, 9.17) is 11.6 Å². The van der Waals surface area contributed by atoms with Crippen molar-refractivity contribution in [3.05, 3.63) is 46.6 Å². The van der Waals surface area contributed by atoms with E-state index < -0.39 is 0 Å². The first kappa shape index (κ1) is 14.7. The van der Waals surface area contributed by atoms with Crippen molar-refractivity contribution >= 4 is 50.7 Å². The molecular formula is C15H12ClN3O2S. The molecule has 0 saturated heterocycles. The molecule has 0 radical (unpaired) electrons. The lowest BCUT2D eigenvalue weighted by atomic mass is 10.2. The molecule has 0 atom stereocenters. The molecule has 2 heterocycles. The smallest absolute Gasteiger partial charge is 0.246 e. The Morgan fingerprint density at radius 3 is 2.91 bits per heavy atom. The Balaban J connectivity index is 1.75. The van der Waals surface area contributed by atoms with Crippen LogP contribution >= 0.6 is 22.9 Å². The van der Waals surface area contributed by atoms with Crippen LogP contribution < -0.4 is 5.32 Å². The molecule has 2 aromatic heterocycles. The van der Waals surface area contributed by atoms with Crippen molar-refractivity contribution in [1.29, 1.82) is 0 Å². The highest BCUT2D eigenvalue weighted by molar-refractivity contribution is 7.14. The number of hydrogen-bond donors (Lipinski definition) is 1. The maximum absolute atomic E-state index is 12.1. The SMILES string of the molecule is CC(=O)c1csc(NC(=O)Cn2ccc3ccc(Cl)cc32)n1. The number of Topliss-reactive ketones (excluding diaryl/α,β-unsaturated/α-hetero) is 1. The Bertz CT molecular complexity index is 869. The second-order valence-electron chi connectivity index (χ2n) is 4.79. The van der Waals surface area contributed by atoms with Gasteiger partial charge in [0.05, 0.1) is 0 Å². The fraction of sp³-hybridized carbons (Fsp3) is 0.133. The van der Waals surface area contributed by atoms with Gasteiger partial charge in [-0.15, -0.1) is 11.3 Å².